The van der Waals surface area contributed by atoms with Crippen molar-refractivity contribution in [1.82, 2.24) is 0 Å². The second-order valence-corrected chi connectivity index (χ2v) is 6.73. The van der Waals surface area contributed by atoms with Crippen LogP contribution in [0.3, 0.4) is 0 Å². The van der Waals surface area contributed by atoms with Crippen molar-refractivity contribution in [1.29, 1.82) is 0 Å². The topological polar surface area (TPSA) is 80.5 Å². The van der Waals surface area contributed by atoms with Crippen LogP contribution in [0.25, 0.3) is 0 Å². The molecule has 1 unspecified atom stereocenters. The van der Waals surface area contributed by atoms with E-state index < -0.39 is 50.8 Å². The van der Waals surface area contributed by atoms with Crippen molar-refractivity contribution in [3.8, 4) is 0 Å². The van der Waals surface area contributed by atoms with Gasteiger partial charge in [0.1, 0.15) is 5.82 Å². The van der Waals surface area contributed by atoms with Gasteiger partial charge in [0.25, 0.3) is 0 Å². The Morgan fingerprint density at radius 2 is 1.95 bits per heavy atom. The zero-order chi connectivity index (χ0) is 16.7. The number of alkyl halides is 3. The summed E-state index contributed by atoms with van der Waals surface area (Å²) in [6, 6.07) is 1.73. The molecule has 0 saturated carbocycles. The van der Waals surface area contributed by atoms with Gasteiger partial charge >= 0.3 is 6.18 Å². The smallest absolute Gasteiger partial charge is 0.309 e. The van der Waals surface area contributed by atoms with Gasteiger partial charge in [0, 0.05) is 18.9 Å². The van der Waals surface area contributed by atoms with Gasteiger partial charge in [-0.2, -0.15) is 13.2 Å². The highest BCUT2D eigenvalue weighted by Crippen LogP contribution is 2.35. The SMILES string of the molecule is NS(=O)(=O)CC1CC(=O)N(c2cc(C(F)(F)F)ccc2F)C1. The van der Waals surface area contributed by atoms with E-state index in [2.05, 4.69) is 0 Å². The molecule has 1 atom stereocenters. The molecule has 1 aliphatic rings. The molecule has 22 heavy (non-hydrogen) atoms. The molecule has 2 N–H and O–H groups in total. The van der Waals surface area contributed by atoms with Gasteiger partial charge in [0.2, 0.25) is 15.9 Å². The van der Waals surface area contributed by atoms with Crippen LogP contribution in [0.5, 0.6) is 0 Å². The van der Waals surface area contributed by atoms with Crippen molar-refractivity contribution in [2.45, 2.75) is 12.6 Å². The van der Waals surface area contributed by atoms with E-state index in [0.29, 0.717) is 18.2 Å². The fourth-order valence-corrected chi connectivity index (χ4v) is 3.23. The largest absolute Gasteiger partial charge is 0.416 e. The quantitative estimate of drug-likeness (QED) is 0.847. The van der Waals surface area contributed by atoms with Gasteiger partial charge in [-0.25, -0.2) is 17.9 Å². The third-order valence-corrected chi connectivity index (χ3v) is 4.17. The first-order chi connectivity index (χ1) is 9.97. The number of anilines is 1. The van der Waals surface area contributed by atoms with E-state index in [1.54, 1.807) is 0 Å². The lowest BCUT2D eigenvalue weighted by Crippen LogP contribution is -2.28. The molecule has 0 spiro atoms. The zero-order valence-electron chi connectivity index (χ0n) is 11.1. The molecule has 0 aromatic heterocycles. The Hall–Kier alpha value is -1.68. The first-order valence-corrected chi connectivity index (χ1v) is 7.86. The van der Waals surface area contributed by atoms with E-state index >= 15 is 0 Å². The number of amides is 1. The lowest BCUT2D eigenvalue weighted by Gasteiger charge is -2.19. The van der Waals surface area contributed by atoms with Crippen molar-refractivity contribution >= 4 is 21.6 Å². The highest BCUT2D eigenvalue weighted by atomic mass is 32.2. The van der Waals surface area contributed by atoms with E-state index in [-0.39, 0.29) is 13.0 Å². The molecule has 0 radical (unpaired) electrons. The summed E-state index contributed by atoms with van der Waals surface area (Å²) in [7, 11) is -3.83. The number of nitrogens with zero attached hydrogens (tertiary/aromatic N) is 1. The van der Waals surface area contributed by atoms with E-state index in [1.807, 2.05) is 0 Å². The van der Waals surface area contributed by atoms with Crippen LogP contribution < -0.4 is 10.0 Å². The molecule has 1 aliphatic heterocycles. The summed E-state index contributed by atoms with van der Waals surface area (Å²) >= 11 is 0. The number of sulfonamides is 1. The summed E-state index contributed by atoms with van der Waals surface area (Å²) in [6.07, 6.45) is -4.89. The Bertz CT molecular complexity index is 703. The summed E-state index contributed by atoms with van der Waals surface area (Å²) in [5.41, 5.74) is -1.61. The first-order valence-electron chi connectivity index (χ1n) is 6.15. The van der Waals surface area contributed by atoms with Gasteiger partial charge in [-0.05, 0) is 18.2 Å². The van der Waals surface area contributed by atoms with E-state index in [1.165, 1.54) is 0 Å². The van der Waals surface area contributed by atoms with Gasteiger partial charge in [0.05, 0.1) is 17.0 Å². The van der Waals surface area contributed by atoms with Gasteiger partial charge < -0.3 is 4.90 Å². The first kappa shape index (κ1) is 16.7. The fraction of sp³-hybridized carbons (Fsp3) is 0.417. The number of hydrogen-bond donors (Lipinski definition) is 1. The molecule has 1 fully saturated rings. The van der Waals surface area contributed by atoms with E-state index in [9.17, 15) is 30.8 Å². The number of hydrogen-bond acceptors (Lipinski definition) is 3. The van der Waals surface area contributed by atoms with Crippen LogP contribution in [0.15, 0.2) is 18.2 Å². The third-order valence-electron chi connectivity index (χ3n) is 3.24. The number of carbonyl (C=O) groups is 1. The lowest BCUT2D eigenvalue weighted by atomic mass is 10.1. The summed E-state index contributed by atoms with van der Waals surface area (Å²) in [5.74, 6) is -2.81. The third kappa shape index (κ3) is 3.74. The number of carbonyl (C=O) groups excluding carboxylic acids is 1. The zero-order valence-corrected chi connectivity index (χ0v) is 11.9. The monoisotopic (exact) mass is 340 g/mol. The Morgan fingerprint density at radius 1 is 1.32 bits per heavy atom. The number of halogens is 4. The van der Waals surface area contributed by atoms with Crippen molar-refractivity contribution in [2.24, 2.45) is 11.1 Å². The van der Waals surface area contributed by atoms with Gasteiger partial charge in [-0.1, -0.05) is 0 Å². The lowest BCUT2D eigenvalue weighted by molar-refractivity contribution is -0.137. The normalized spacial score (nSPS) is 19.8. The van der Waals surface area contributed by atoms with Crippen LogP contribution in [-0.2, 0) is 21.0 Å². The molecule has 1 amide bonds. The second kappa shape index (κ2) is 5.51. The van der Waals surface area contributed by atoms with Crippen molar-refractivity contribution in [3.05, 3.63) is 29.6 Å². The molecule has 2 rings (SSSR count). The minimum atomic E-state index is -4.68. The molecule has 122 valence electrons. The van der Waals surface area contributed by atoms with Crippen molar-refractivity contribution in [2.75, 3.05) is 17.2 Å². The molecule has 0 bridgehead atoms. The predicted octanol–water partition coefficient (Wildman–Crippen LogP) is 1.49. The molecule has 0 aliphatic carbocycles. The molecule has 1 heterocycles. The van der Waals surface area contributed by atoms with Gasteiger partial charge in [-0.15, -0.1) is 0 Å². The Balaban J connectivity index is 2.30. The highest BCUT2D eigenvalue weighted by Gasteiger charge is 2.36. The van der Waals surface area contributed by atoms with Gasteiger partial charge in [0.15, 0.2) is 0 Å². The van der Waals surface area contributed by atoms with Crippen LogP contribution in [0.1, 0.15) is 12.0 Å². The summed E-state index contributed by atoms with van der Waals surface area (Å²) in [5, 5.41) is 4.88. The standard InChI is InChI=1S/C12H12F4N2O3S/c13-9-2-1-8(12(14,15)16)4-10(9)18-5-7(3-11(18)19)6-22(17,20)21/h1-2,4,7H,3,5-6H2,(H2,17,20,21). The van der Waals surface area contributed by atoms with E-state index in [0.717, 1.165) is 4.90 Å². The Morgan fingerprint density at radius 3 is 2.50 bits per heavy atom. The summed E-state index contributed by atoms with van der Waals surface area (Å²) < 4.78 is 73.8. The Kier molecular flexibility index (Phi) is 4.18. The molecule has 1 aromatic carbocycles. The summed E-state index contributed by atoms with van der Waals surface area (Å²) in [6.45, 7) is -0.201. The minimum absolute atomic E-state index is 0.201. The van der Waals surface area contributed by atoms with Crippen LogP contribution in [0.4, 0.5) is 23.2 Å². The maximum Gasteiger partial charge on any atom is 0.416 e. The number of primary sulfonamides is 1. The fourth-order valence-electron chi connectivity index (χ4n) is 2.35. The molecule has 10 heteroatoms. The van der Waals surface area contributed by atoms with Crippen LogP contribution in [0.2, 0.25) is 0 Å². The summed E-state index contributed by atoms with van der Waals surface area (Å²) in [4.78, 5) is 12.6. The van der Waals surface area contributed by atoms with Crippen LogP contribution in [-0.4, -0.2) is 26.6 Å². The van der Waals surface area contributed by atoms with Crippen LogP contribution >= 0.6 is 0 Å². The Labute approximate surface area is 123 Å². The van der Waals surface area contributed by atoms with Crippen molar-refractivity contribution < 1.29 is 30.8 Å². The predicted molar refractivity (Wildman–Crippen MR) is 69.8 cm³/mol. The number of benzene rings is 1. The molecular formula is C12H12F4N2O3S. The minimum Gasteiger partial charge on any atom is -0.309 e. The maximum absolute atomic E-state index is 13.7. The van der Waals surface area contributed by atoms with Crippen LogP contribution in [0, 0.1) is 11.7 Å². The molecular weight excluding hydrogens is 328 g/mol. The molecule has 1 aromatic rings. The van der Waals surface area contributed by atoms with E-state index in [4.69, 9.17) is 5.14 Å². The number of nitrogens with two attached hydrogens (primary N) is 1. The average Bonchev–Trinajstić information content (AvgIpc) is 2.66. The highest BCUT2D eigenvalue weighted by molar-refractivity contribution is 7.89. The average molecular weight is 340 g/mol. The van der Waals surface area contributed by atoms with Crippen molar-refractivity contribution in [3.63, 3.8) is 0 Å². The molecule has 5 nitrogen and oxygen atoms in total. The number of rotatable bonds is 3. The molecule has 1 saturated heterocycles. The second-order valence-electron chi connectivity index (χ2n) is 5.07. The maximum atomic E-state index is 13.7. The van der Waals surface area contributed by atoms with Gasteiger partial charge in [-0.3, -0.25) is 4.79 Å².